The van der Waals surface area contributed by atoms with E-state index in [0.29, 0.717) is 17.1 Å². The van der Waals surface area contributed by atoms with Crippen LogP contribution in [0.1, 0.15) is 16.2 Å². The number of ether oxygens (including phenoxy) is 1. The molecule has 0 bridgehead atoms. The van der Waals surface area contributed by atoms with Gasteiger partial charge in [-0.3, -0.25) is 4.79 Å². The molecule has 0 unspecified atom stereocenters. The fraction of sp³-hybridized carbons (Fsp3) is 0.200. The van der Waals surface area contributed by atoms with Gasteiger partial charge in [-0.2, -0.15) is 4.80 Å². The number of benzene rings is 1. The van der Waals surface area contributed by atoms with E-state index in [0.717, 1.165) is 10.8 Å². The van der Waals surface area contributed by atoms with Crippen LogP contribution >= 0.6 is 15.9 Å². The predicted octanol–water partition coefficient (Wildman–Crippen LogP) is 1.36. The number of carbonyl (C=O) groups excluding carboxylic acids is 1. The normalized spacial score (nSPS) is 10.2. The van der Waals surface area contributed by atoms with E-state index in [9.17, 15) is 4.79 Å². The molecule has 0 saturated carbocycles. The fourth-order valence-electron chi connectivity index (χ4n) is 1.27. The lowest BCUT2D eigenvalue weighted by Gasteiger charge is -2.06. The minimum Gasteiger partial charge on any atom is -0.485 e. The van der Waals surface area contributed by atoms with Gasteiger partial charge in [0.05, 0.1) is 12.6 Å². The summed E-state index contributed by atoms with van der Waals surface area (Å²) < 4.78 is 6.28. The molecule has 1 aromatic heterocycles. The molecule has 0 radical (unpaired) electrons. The second-order valence-electron chi connectivity index (χ2n) is 3.28. The second-order valence-corrected chi connectivity index (χ2v) is 4.20. The summed E-state index contributed by atoms with van der Waals surface area (Å²) in [6, 6.07) is 5.20. The van der Waals surface area contributed by atoms with Gasteiger partial charge >= 0.3 is 0 Å². The van der Waals surface area contributed by atoms with Gasteiger partial charge in [0.2, 0.25) is 5.82 Å². The molecular weight excluding hydrogens is 288 g/mol. The first-order valence-electron chi connectivity index (χ1n) is 4.79. The first kappa shape index (κ1) is 11.7. The predicted molar refractivity (Wildman–Crippen MR) is 62.7 cm³/mol. The number of rotatable bonds is 4. The summed E-state index contributed by atoms with van der Waals surface area (Å²) in [6.07, 6.45) is 0.740. The summed E-state index contributed by atoms with van der Waals surface area (Å²) >= 11 is 3.28. The number of carbonyl (C=O) groups is 1. The SMILES string of the molecule is Cn1nnc(COc2ccc(Br)cc2C=O)n1. The lowest BCUT2D eigenvalue weighted by molar-refractivity contribution is 0.111. The van der Waals surface area contributed by atoms with Crippen LogP contribution in [0.25, 0.3) is 0 Å². The van der Waals surface area contributed by atoms with Gasteiger partial charge in [-0.05, 0) is 23.4 Å². The maximum atomic E-state index is 10.8. The highest BCUT2D eigenvalue weighted by atomic mass is 79.9. The minimum atomic E-state index is 0.177. The maximum Gasteiger partial charge on any atom is 0.212 e. The quantitative estimate of drug-likeness (QED) is 0.797. The molecule has 2 aromatic rings. The second kappa shape index (κ2) is 5.05. The Morgan fingerprint density at radius 1 is 1.53 bits per heavy atom. The number of aryl methyl sites for hydroxylation is 1. The van der Waals surface area contributed by atoms with Gasteiger partial charge in [-0.1, -0.05) is 15.9 Å². The third-order valence-corrected chi connectivity index (χ3v) is 2.50. The van der Waals surface area contributed by atoms with Gasteiger partial charge in [0.25, 0.3) is 0 Å². The van der Waals surface area contributed by atoms with E-state index in [4.69, 9.17) is 4.74 Å². The van der Waals surface area contributed by atoms with Crippen LogP contribution in [0.15, 0.2) is 22.7 Å². The highest BCUT2D eigenvalue weighted by Crippen LogP contribution is 2.22. The minimum absolute atomic E-state index is 0.177. The van der Waals surface area contributed by atoms with E-state index in [1.807, 2.05) is 0 Å². The molecule has 1 heterocycles. The Bertz CT molecular complexity index is 541. The number of nitrogens with zero attached hydrogens (tertiary/aromatic N) is 4. The Hall–Kier alpha value is -1.76. The molecule has 0 amide bonds. The highest BCUT2D eigenvalue weighted by Gasteiger charge is 2.06. The van der Waals surface area contributed by atoms with Gasteiger partial charge < -0.3 is 4.74 Å². The van der Waals surface area contributed by atoms with Crippen LogP contribution in [-0.4, -0.2) is 26.5 Å². The van der Waals surface area contributed by atoms with Crippen LogP contribution in [0.4, 0.5) is 0 Å². The summed E-state index contributed by atoms with van der Waals surface area (Å²) in [4.78, 5) is 12.2. The summed E-state index contributed by atoms with van der Waals surface area (Å²) in [5.41, 5.74) is 0.475. The lowest BCUT2D eigenvalue weighted by Crippen LogP contribution is -2.01. The molecular formula is C10H9BrN4O2. The van der Waals surface area contributed by atoms with Crippen LogP contribution in [-0.2, 0) is 13.7 Å². The van der Waals surface area contributed by atoms with Crippen molar-refractivity contribution in [1.82, 2.24) is 20.2 Å². The maximum absolute atomic E-state index is 10.8. The van der Waals surface area contributed by atoms with Crippen LogP contribution in [0, 0.1) is 0 Å². The largest absolute Gasteiger partial charge is 0.485 e. The van der Waals surface area contributed by atoms with Crippen molar-refractivity contribution in [2.45, 2.75) is 6.61 Å². The molecule has 0 spiro atoms. The molecule has 2 rings (SSSR count). The highest BCUT2D eigenvalue weighted by molar-refractivity contribution is 9.10. The van der Waals surface area contributed by atoms with E-state index < -0.39 is 0 Å². The number of aromatic nitrogens is 4. The van der Waals surface area contributed by atoms with Crippen molar-refractivity contribution in [2.75, 3.05) is 0 Å². The van der Waals surface area contributed by atoms with Crippen LogP contribution in [0.5, 0.6) is 5.75 Å². The van der Waals surface area contributed by atoms with Crippen molar-refractivity contribution >= 4 is 22.2 Å². The number of tetrazole rings is 1. The van der Waals surface area contributed by atoms with E-state index in [2.05, 4.69) is 31.3 Å². The van der Waals surface area contributed by atoms with Gasteiger partial charge in [0, 0.05) is 4.47 Å². The zero-order valence-electron chi connectivity index (χ0n) is 9.00. The van der Waals surface area contributed by atoms with Crippen LogP contribution < -0.4 is 4.74 Å². The molecule has 1 aromatic carbocycles. The Kier molecular flexibility index (Phi) is 3.48. The first-order valence-corrected chi connectivity index (χ1v) is 5.59. The van der Waals surface area contributed by atoms with Crippen molar-refractivity contribution in [1.29, 1.82) is 0 Å². The number of hydrogen-bond acceptors (Lipinski definition) is 5. The number of aldehydes is 1. The van der Waals surface area contributed by atoms with Crippen molar-refractivity contribution in [2.24, 2.45) is 7.05 Å². The lowest BCUT2D eigenvalue weighted by atomic mass is 10.2. The van der Waals surface area contributed by atoms with E-state index in [1.165, 1.54) is 4.80 Å². The first-order chi connectivity index (χ1) is 8.19. The zero-order chi connectivity index (χ0) is 12.3. The summed E-state index contributed by atoms with van der Waals surface area (Å²) in [5.74, 6) is 0.961. The topological polar surface area (TPSA) is 69.9 Å². The summed E-state index contributed by atoms with van der Waals surface area (Å²) in [5, 5.41) is 11.4. The Labute approximate surface area is 106 Å². The molecule has 0 N–H and O–H groups in total. The van der Waals surface area contributed by atoms with Gasteiger partial charge in [0.15, 0.2) is 12.9 Å². The Morgan fingerprint density at radius 3 is 3.00 bits per heavy atom. The average Bonchev–Trinajstić information content (AvgIpc) is 2.73. The third kappa shape index (κ3) is 2.88. The standard InChI is InChI=1S/C10H9BrN4O2/c1-15-13-10(12-14-15)6-17-9-3-2-8(11)4-7(9)5-16/h2-5H,6H2,1H3. The molecule has 6 nitrogen and oxygen atoms in total. The van der Waals surface area contributed by atoms with E-state index in [-0.39, 0.29) is 6.61 Å². The van der Waals surface area contributed by atoms with Crippen molar-refractivity contribution in [3.05, 3.63) is 34.1 Å². The molecule has 0 saturated heterocycles. The molecule has 17 heavy (non-hydrogen) atoms. The Morgan fingerprint density at radius 2 is 2.35 bits per heavy atom. The monoisotopic (exact) mass is 296 g/mol. The van der Waals surface area contributed by atoms with E-state index >= 15 is 0 Å². The smallest absolute Gasteiger partial charge is 0.212 e. The third-order valence-electron chi connectivity index (χ3n) is 2.01. The molecule has 7 heteroatoms. The average molecular weight is 297 g/mol. The van der Waals surface area contributed by atoms with Crippen molar-refractivity contribution < 1.29 is 9.53 Å². The molecule has 0 atom stereocenters. The van der Waals surface area contributed by atoms with Gasteiger partial charge in [-0.15, -0.1) is 10.2 Å². The molecule has 88 valence electrons. The summed E-state index contributed by atoms with van der Waals surface area (Å²) in [7, 11) is 1.67. The molecule has 0 fully saturated rings. The molecule has 0 aliphatic rings. The van der Waals surface area contributed by atoms with Crippen molar-refractivity contribution in [3.63, 3.8) is 0 Å². The van der Waals surface area contributed by atoms with E-state index in [1.54, 1.807) is 25.2 Å². The summed E-state index contributed by atoms with van der Waals surface area (Å²) in [6.45, 7) is 0.177. The number of halogens is 1. The van der Waals surface area contributed by atoms with Crippen LogP contribution in [0.2, 0.25) is 0 Å². The van der Waals surface area contributed by atoms with Crippen LogP contribution in [0.3, 0.4) is 0 Å². The van der Waals surface area contributed by atoms with Crippen molar-refractivity contribution in [3.8, 4) is 5.75 Å². The fourth-order valence-corrected chi connectivity index (χ4v) is 1.65. The molecule has 0 aliphatic carbocycles. The molecule has 0 aliphatic heterocycles. The van der Waals surface area contributed by atoms with Gasteiger partial charge in [0.1, 0.15) is 5.75 Å². The van der Waals surface area contributed by atoms with Gasteiger partial charge in [-0.25, -0.2) is 0 Å². The number of hydrogen-bond donors (Lipinski definition) is 0. The zero-order valence-corrected chi connectivity index (χ0v) is 10.6. The Balaban J connectivity index is 2.11.